The topological polar surface area (TPSA) is 50.1 Å². The molecule has 15 heavy (non-hydrogen) atoms. The van der Waals surface area contributed by atoms with E-state index in [9.17, 15) is 4.79 Å². The van der Waals surface area contributed by atoms with Crippen LogP contribution in [0.3, 0.4) is 0 Å². The molecule has 1 aliphatic rings. The fourth-order valence-electron chi connectivity index (χ4n) is 1.33. The summed E-state index contributed by atoms with van der Waals surface area (Å²) in [6, 6.07) is 2.14. The van der Waals surface area contributed by atoms with Gasteiger partial charge in [0.2, 0.25) is 0 Å². The molecule has 0 amide bonds. The molecule has 0 saturated heterocycles. The van der Waals surface area contributed by atoms with Crippen LogP contribution < -0.4 is 0 Å². The molecule has 0 saturated carbocycles. The minimum absolute atomic E-state index is 0.261. The van der Waals surface area contributed by atoms with Gasteiger partial charge in [0.05, 0.1) is 11.5 Å². The van der Waals surface area contributed by atoms with E-state index in [4.69, 9.17) is 10.00 Å². The van der Waals surface area contributed by atoms with Gasteiger partial charge in [0.1, 0.15) is 6.10 Å². The van der Waals surface area contributed by atoms with Gasteiger partial charge in [-0.1, -0.05) is 6.08 Å². The summed E-state index contributed by atoms with van der Waals surface area (Å²) in [5, 5.41) is 8.89. The van der Waals surface area contributed by atoms with Gasteiger partial charge in [-0.05, 0) is 40.0 Å². The van der Waals surface area contributed by atoms with Crippen LogP contribution in [0.1, 0.15) is 40.0 Å². The number of rotatable bonds is 3. The highest BCUT2D eigenvalue weighted by molar-refractivity contribution is 5.89. The molecule has 82 valence electrons. The molecule has 0 aromatic rings. The second-order valence-corrected chi connectivity index (χ2v) is 4.50. The van der Waals surface area contributed by atoms with Crippen molar-refractivity contribution in [1.29, 1.82) is 5.26 Å². The Bertz CT molecular complexity index is 323. The maximum atomic E-state index is 11.6. The van der Waals surface area contributed by atoms with Gasteiger partial charge < -0.3 is 4.74 Å². The highest BCUT2D eigenvalue weighted by Crippen LogP contribution is 2.25. The molecule has 0 aliphatic heterocycles. The van der Waals surface area contributed by atoms with Crippen molar-refractivity contribution in [2.24, 2.45) is 5.41 Å². The maximum absolute atomic E-state index is 11.6. The smallest absolute Gasteiger partial charge is 0.333 e. The molecule has 0 heterocycles. The van der Waals surface area contributed by atoms with E-state index in [0.29, 0.717) is 0 Å². The Morgan fingerprint density at radius 1 is 1.67 bits per heavy atom. The van der Waals surface area contributed by atoms with Crippen LogP contribution in [0.4, 0.5) is 0 Å². The van der Waals surface area contributed by atoms with Crippen molar-refractivity contribution in [2.45, 2.75) is 46.1 Å². The minimum atomic E-state index is -0.630. The summed E-state index contributed by atoms with van der Waals surface area (Å²) < 4.78 is 5.26. The van der Waals surface area contributed by atoms with Gasteiger partial charge in [-0.2, -0.15) is 5.26 Å². The molecule has 0 aromatic carbocycles. The van der Waals surface area contributed by atoms with E-state index in [1.165, 1.54) is 0 Å². The second-order valence-electron chi connectivity index (χ2n) is 4.50. The van der Waals surface area contributed by atoms with Gasteiger partial charge in [0.25, 0.3) is 0 Å². The first-order valence-corrected chi connectivity index (χ1v) is 5.28. The van der Waals surface area contributed by atoms with E-state index in [2.05, 4.69) is 6.07 Å². The average molecular weight is 207 g/mol. The third-order valence-corrected chi connectivity index (χ3v) is 2.89. The largest absolute Gasteiger partial charge is 0.458 e. The first-order chi connectivity index (χ1) is 6.97. The maximum Gasteiger partial charge on any atom is 0.333 e. The molecule has 1 atom stereocenters. The zero-order chi connectivity index (χ0) is 11.5. The number of carbonyl (C=O) groups is 1. The number of esters is 1. The summed E-state index contributed by atoms with van der Waals surface area (Å²) in [4.78, 5) is 11.6. The minimum Gasteiger partial charge on any atom is -0.458 e. The molecule has 0 bridgehead atoms. The molecule has 3 nitrogen and oxygen atoms in total. The Kier molecular flexibility index (Phi) is 3.52. The zero-order valence-corrected chi connectivity index (χ0v) is 9.54. The van der Waals surface area contributed by atoms with Crippen LogP contribution in [-0.2, 0) is 9.53 Å². The third-order valence-electron chi connectivity index (χ3n) is 2.89. The molecule has 0 spiro atoms. The van der Waals surface area contributed by atoms with Crippen LogP contribution in [0.15, 0.2) is 11.6 Å². The first kappa shape index (κ1) is 11.8. The molecule has 1 rings (SSSR count). The lowest BCUT2D eigenvalue weighted by molar-refractivity contribution is -0.147. The molecular weight excluding hydrogens is 190 g/mol. The van der Waals surface area contributed by atoms with Gasteiger partial charge in [0, 0.05) is 5.57 Å². The number of carbonyl (C=O) groups excluding carboxylic acids is 1. The number of nitrogens with zero attached hydrogens (tertiary/aromatic N) is 1. The average Bonchev–Trinajstić information content (AvgIpc) is 2.70. The fraction of sp³-hybridized carbons (Fsp3) is 0.667. The van der Waals surface area contributed by atoms with E-state index in [1.54, 1.807) is 20.8 Å². The zero-order valence-electron chi connectivity index (χ0n) is 9.54. The van der Waals surface area contributed by atoms with E-state index in [-0.39, 0.29) is 12.1 Å². The standard InChI is InChI=1S/C12H17NO2/c1-9(12(2,3)8-13)15-11(14)10-6-4-5-7-10/h6,9H,4-5,7H2,1-3H3/t9-/m0/s1. The van der Waals surface area contributed by atoms with Gasteiger partial charge in [-0.15, -0.1) is 0 Å². The number of hydrogen-bond acceptors (Lipinski definition) is 3. The van der Waals surface area contributed by atoms with Gasteiger partial charge >= 0.3 is 5.97 Å². The summed E-state index contributed by atoms with van der Waals surface area (Å²) in [6.07, 6.45) is 4.34. The van der Waals surface area contributed by atoms with Crippen molar-refractivity contribution in [3.05, 3.63) is 11.6 Å². The Balaban J connectivity index is 2.56. The van der Waals surface area contributed by atoms with Gasteiger partial charge in [-0.3, -0.25) is 0 Å². The number of nitriles is 1. The van der Waals surface area contributed by atoms with Crippen molar-refractivity contribution in [3.63, 3.8) is 0 Å². The Labute approximate surface area is 90.7 Å². The van der Waals surface area contributed by atoms with Crippen molar-refractivity contribution in [2.75, 3.05) is 0 Å². The summed E-state index contributed by atoms with van der Waals surface area (Å²) in [7, 11) is 0. The van der Waals surface area contributed by atoms with E-state index in [0.717, 1.165) is 24.8 Å². The van der Waals surface area contributed by atoms with Crippen molar-refractivity contribution < 1.29 is 9.53 Å². The Morgan fingerprint density at radius 2 is 2.33 bits per heavy atom. The van der Waals surface area contributed by atoms with Crippen LogP contribution in [0.25, 0.3) is 0 Å². The van der Waals surface area contributed by atoms with E-state index < -0.39 is 5.41 Å². The monoisotopic (exact) mass is 207 g/mol. The SMILES string of the molecule is C[C@H](OC(=O)C1=CCCC1)C(C)(C)C#N. The van der Waals surface area contributed by atoms with Crippen molar-refractivity contribution in [1.82, 2.24) is 0 Å². The lowest BCUT2D eigenvalue weighted by Crippen LogP contribution is -2.30. The highest BCUT2D eigenvalue weighted by Gasteiger charge is 2.29. The van der Waals surface area contributed by atoms with Crippen LogP contribution in [0.5, 0.6) is 0 Å². The Hall–Kier alpha value is -1.30. The Morgan fingerprint density at radius 3 is 2.80 bits per heavy atom. The molecular formula is C12H17NO2. The molecule has 0 aromatic heterocycles. The molecule has 1 aliphatic carbocycles. The van der Waals surface area contributed by atoms with Crippen LogP contribution in [0.2, 0.25) is 0 Å². The second kappa shape index (κ2) is 4.48. The summed E-state index contributed by atoms with van der Waals surface area (Å²) >= 11 is 0. The van der Waals surface area contributed by atoms with Crippen molar-refractivity contribution >= 4 is 5.97 Å². The van der Waals surface area contributed by atoms with Gasteiger partial charge in [-0.25, -0.2) is 4.79 Å². The van der Waals surface area contributed by atoms with E-state index >= 15 is 0 Å². The number of allylic oxidation sites excluding steroid dienone is 1. The normalized spacial score (nSPS) is 17.9. The molecule has 0 radical (unpaired) electrons. The van der Waals surface area contributed by atoms with Crippen LogP contribution >= 0.6 is 0 Å². The predicted molar refractivity (Wildman–Crippen MR) is 56.9 cm³/mol. The third kappa shape index (κ3) is 2.82. The quantitative estimate of drug-likeness (QED) is 0.668. The molecule has 3 heteroatoms. The lowest BCUT2D eigenvalue weighted by Gasteiger charge is -2.24. The molecule has 0 N–H and O–H groups in total. The first-order valence-electron chi connectivity index (χ1n) is 5.28. The molecule has 0 unspecified atom stereocenters. The number of ether oxygens (including phenoxy) is 1. The number of hydrogen-bond donors (Lipinski definition) is 0. The summed E-state index contributed by atoms with van der Waals surface area (Å²) in [6.45, 7) is 5.30. The van der Waals surface area contributed by atoms with Crippen LogP contribution in [-0.4, -0.2) is 12.1 Å². The summed E-state index contributed by atoms with van der Waals surface area (Å²) in [5.74, 6) is -0.261. The molecule has 0 fully saturated rings. The van der Waals surface area contributed by atoms with Crippen LogP contribution in [0, 0.1) is 16.7 Å². The fourth-order valence-corrected chi connectivity index (χ4v) is 1.33. The lowest BCUT2D eigenvalue weighted by atomic mass is 9.89. The predicted octanol–water partition coefficient (Wildman–Crippen LogP) is 2.58. The highest BCUT2D eigenvalue weighted by atomic mass is 16.5. The van der Waals surface area contributed by atoms with Crippen molar-refractivity contribution in [3.8, 4) is 6.07 Å². The van der Waals surface area contributed by atoms with E-state index in [1.807, 2.05) is 6.08 Å². The van der Waals surface area contributed by atoms with Gasteiger partial charge in [0.15, 0.2) is 0 Å². The summed E-state index contributed by atoms with van der Waals surface area (Å²) in [5.41, 5.74) is 0.130.